The topological polar surface area (TPSA) is 34.1 Å². The summed E-state index contributed by atoms with van der Waals surface area (Å²) >= 11 is 4.82. The number of Topliss-reactive ketones (excluding diaryl/α,β-unsaturated/α-hetero) is 1. The molecule has 2 nitrogen and oxygen atoms in total. The van der Waals surface area contributed by atoms with Crippen molar-refractivity contribution in [3.8, 4) is 0 Å². The minimum absolute atomic E-state index is 0.140. The predicted octanol–water partition coefficient (Wildman–Crippen LogP) is 4.28. The smallest absolute Gasteiger partial charge is 0.172 e. The Morgan fingerprint density at radius 2 is 2.11 bits per heavy atom. The van der Waals surface area contributed by atoms with Crippen molar-refractivity contribution in [2.75, 3.05) is 5.75 Å². The maximum atomic E-state index is 12.0. The van der Waals surface area contributed by atoms with Crippen molar-refractivity contribution in [2.24, 2.45) is 0 Å². The van der Waals surface area contributed by atoms with E-state index < -0.39 is 10.8 Å². The highest BCUT2D eigenvalue weighted by atomic mass is 79.9. The van der Waals surface area contributed by atoms with Crippen molar-refractivity contribution in [1.82, 2.24) is 0 Å². The standard InChI is InChI=1S/C14H13BrO2S2/c15-11-4-1-5-12(10-11)19(17)9-3-6-13(16)14-7-2-8-18-14/h1-2,4-5,7-8,10H,3,6,9H2. The highest BCUT2D eigenvalue weighted by Gasteiger charge is 2.09. The largest absolute Gasteiger partial charge is 0.293 e. The lowest BCUT2D eigenvalue weighted by molar-refractivity contribution is 0.0986. The van der Waals surface area contributed by atoms with Gasteiger partial charge < -0.3 is 0 Å². The molecular weight excluding hydrogens is 344 g/mol. The first-order valence-corrected chi connectivity index (χ1v) is 8.86. The molecule has 1 unspecified atom stereocenters. The normalized spacial score (nSPS) is 12.3. The van der Waals surface area contributed by atoms with Gasteiger partial charge in [-0.1, -0.05) is 28.1 Å². The van der Waals surface area contributed by atoms with Crippen LogP contribution >= 0.6 is 27.3 Å². The number of rotatable bonds is 6. The molecule has 0 saturated carbocycles. The van der Waals surface area contributed by atoms with Gasteiger partial charge in [-0.2, -0.15) is 0 Å². The van der Waals surface area contributed by atoms with Gasteiger partial charge in [-0.05, 0) is 36.1 Å². The maximum Gasteiger partial charge on any atom is 0.172 e. The van der Waals surface area contributed by atoms with Gasteiger partial charge in [0.05, 0.1) is 15.7 Å². The third-order valence-corrected chi connectivity index (χ3v) is 5.43. The first-order valence-electron chi connectivity index (χ1n) is 5.87. The van der Waals surface area contributed by atoms with Crippen LogP contribution in [0.5, 0.6) is 0 Å². The molecule has 0 fully saturated rings. The summed E-state index contributed by atoms with van der Waals surface area (Å²) in [6.07, 6.45) is 1.11. The number of thiophene rings is 1. The zero-order valence-corrected chi connectivity index (χ0v) is 13.4. The Morgan fingerprint density at radius 1 is 1.26 bits per heavy atom. The van der Waals surface area contributed by atoms with Gasteiger partial charge in [0.1, 0.15) is 0 Å². The van der Waals surface area contributed by atoms with Crippen LogP contribution in [0.15, 0.2) is 51.1 Å². The molecule has 100 valence electrons. The Balaban J connectivity index is 1.83. The lowest BCUT2D eigenvalue weighted by atomic mass is 10.2. The molecule has 1 atom stereocenters. The fraction of sp³-hybridized carbons (Fsp3) is 0.214. The van der Waals surface area contributed by atoms with E-state index in [-0.39, 0.29) is 5.78 Å². The molecule has 0 spiro atoms. The summed E-state index contributed by atoms with van der Waals surface area (Å²) in [4.78, 5) is 13.4. The van der Waals surface area contributed by atoms with Crippen LogP contribution in [-0.2, 0) is 10.8 Å². The van der Waals surface area contributed by atoms with Gasteiger partial charge in [0.15, 0.2) is 5.78 Å². The highest BCUT2D eigenvalue weighted by molar-refractivity contribution is 9.10. The molecule has 0 bridgehead atoms. The first kappa shape index (κ1) is 14.6. The summed E-state index contributed by atoms with van der Waals surface area (Å²) in [7, 11) is -1.04. The zero-order valence-electron chi connectivity index (χ0n) is 10.2. The molecule has 0 saturated heterocycles. The molecule has 0 aliphatic rings. The molecule has 2 rings (SSSR count). The summed E-state index contributed by atoms with van der Waals surface area (Å²) in [6, 6.07) is 11.2. The van der Waals surface area contributed by atoms with Crippen molar-refractivity contribution < 1.29 is 9.00 Å². The molecule has 1 heterocycles. The minimum atomic E-state index is -1.04. The Kier molecular flexibility index (Phi) is 5.48. The maximum absolute atomic E-state index is 12.0. The van der Waals surface area contributed by atoms with Crippen LogP contribution in [0.4, 0.5) is 0 Å². The summed E-state index contributed by atoms with van der Waals surface area (Å²) in [6.45, 7) is 0. The zero-order chi connectivity index (χ0) is 13.7. The number of carbonyl (C=O) groups excluding carboxylic acids is 1. The van der Waals surface area contributed by atoms with E-state index in [9.17, 15) is 9.00 Å². The number of hydrogen-bond donors (Lipinski definition) is 0. The van der Waals surface area contributed by atoms with Gasteiger partial charge in [0, 0.05) is 21.5 Å². The summed E-state index contributed by atoms with van der Waals surface area (Å²) < 4.78 is 13.0. The molecule has 19 heavy (non-hydrogen) atoms. The van der Waals surface area contributed by atoms with Crippen molar-refractivity contribution in [3.05, 3.63) is 51.1 Å². The van der Waals surface area contributed by atoms with Gasteiger partial charge in [-0.15, -0.1) is 11.3 Å². The lowest BCUT2D eigenvalue weighted by Gasteiger charge is -2.02. The monoisotopic (exact) mass is 356 g/mol. The van der Waals surface area contributed by atoms with E-state index >= 15 is 0 Å². The van der Waals surface area contributed by atoms with Gasteiger partial charge in [-0.25, -0.2) is 0 Å². The van der Waals surface area contributed by atoms with E-state index in [1.807, 2.05) is 41.8 Å². The van der Waals surface area contributed by atoms with Crippen LogP contribution < -0.4 is 0 Å². The highest BCUT2D eigenvalue weighted by Crippen LogP contribution is 2.17. The summed E-state index contributed by atoms with van der Waals surface area (Å²) in [5, 5.41) is 1.90. The van der Waals surface area contributed by atoms with Crippen LogP contribution in [0.1, 0.15) is 22.5 Å². The van der Waals surface area contributed by atoms with E-state index in [4.69, 9.17) is 0 Å². The van der Waals surface area contributed by atoms with Crippen molar-refractivity contribution in [1.29, 1.82) is 0 Å². The second-order valence-corrected chi connectivity index (χ2v) is 7.45. The number of halogens is 1. The number of ketones is 1. The minimum Gasteiger partial charge on any atom is -0.293 e. The van der Waals surface area contributed by atoms with Crippen molar-refractivity contribution in [2.45, 2.75) is 17.7 Å². The SMILES string of the molecule is O=C(CCCS(=O)c1cccc(Br)c1)c1cccs1. The number of benzene rings is 1. The van der Waals surface area contributed by atoms with Crippen LogP contribution in [0.2, 0.25) is 0 Å². The Labute approximate surface area is 127 Å². The molecule has 0 N–H and O–H groups in total. The van der Waals surface area contributed by atoms with E-state index in [0.29, 0.717) is 18.6 Å². The predicted molar refractivity (Wildman–Crippen MR) is 83.3 cm³/mol. The molecule has 5 heteroatoms. The van der Waals surface area contributed by atoms with Crippen LogP contribution in [0.3, 0.4) is 0 Å². The second-order valence-electron chi connectivity index (χ2n) is 4.01. The van der Waals surface area contributed by atoms with Crippen LogP contribution in [0.25, 0.3) is 0 Å². The molecule has 1 aromatic heterocycles. The third-order valence-electron chi connectivity index (χ3n) is 2.59. The van der Waals surface area contributed by atoms with E-state index in [1.54, 1.807) is 0 Å². The summed E-state index contributed by atoms with van der Waals surface area (Å²) in [5.74, 6) is 0.661. The first-order chi connectivity index (χ1) is 9.16. The molecular formula is C14H13BrO2S2. The van der Waals surface area contributed by atoms with Crippen molar-refractivity contribution in [3.63, 3.8) is 0 Å². The molecule has 0 aliphatic heterocycles. The molecule has 2 aromatic rings. The fourth-order valence-corrected chi connectivity index (χ4v) is 4.03. The lowest BCUT2D eigenvalue weighted by Crippen LogP contribution is -2.02. The number of hydrogen-bond acceptors (Lipinski definition) is 3. The summed E-state index contributed by atoms with van der Waals surface area (Å²) in [5.41, 5.74) is 0. The van der Waals surface area contributed by atoms with Crippen molar-refractivity contribution >= 4 is 43.8 Å². The van der Waals surface area contributed by atoms with Gasteiger partial charge in [0.2, 0.25) is 0 Å². The van der Waals surface area contributed by atoms with E-state index in [0.717, 1.165) is 14.2 Å². The van der Waals surface area contributed by atoms with Gasteiger partial charge >= 0.3 is 0 Å². The van der Waals surface area contributed by atoms with E-state index in [1.165, 1.54) is 11.3 Å². The fourth-order valence-electron chi connectivity index (χ4n) is 1.65. The molecule has 0 amide bonds. The Hall–Kier alpha value is -0.780. The molecule has 1 aromatic carbocycles. The average Bonchev–Trinajstić information content (AvgIpc) is 2.92. The molecule has 0 aliphatic carbocycles. The second kappa shape index (κ2) is 7.12. The number of carbonyl (C=O) groups is 1. The Morgan fingerprint density at radius 3 is 2.79 bits per heavy atom. The van der Waals surface area contributed by atoms with Gasteiger partial charge in [0.25, 0.3) is 0 Å². The molecule has 0 radical (unpaired) electrons. The quantitative estimate of drug-likeness (QED) is 0.723. The Bertz CT molecular complexity index is 579. The van der Waals surface area contributed by atoms with Crippen LogP contribution in [0, 0.1) is 0 Å². The van der Waals surface area contributed by atoms with Gasteiger partial charge in [-0.3, -0.25) is 9.00 Å². The van der Waals surface area contributed by atoms with Crippen LogP contribution in [-0.4, -0.2) is 15.7 Å². The average molecular weight is 357 g/mol. The van der Waals surface area contributed by atoms with E-state index in [2.05, 4.69) is 15.9 Å². The third kappa shape index (κ3) is 4.37.